The van der Waals surface area contributed by atoms with Crippen LogP contribution in [-0.4, -0.2) is 20.7 Å². The highest BCUT2D eigenvalue weighted by Gasteiger charge is 2.29. The van der Waals surface area contributed by atoms with Gasteiger partial charge in [-0.25, -0.2) is 4.98 Å². The van der Waals surface area contributed by atoms with Gasteiger partial charge in [-0.1, -0.05) is 72.8 Å². The van der Waals surface area contributed by atoms with E-state index in [0.717, 1.165) is 39.5 Å². The van der Waals surface area contributed by atoms with Gasteiger partial charge in [0.05, 0.1) is 16.3 Å². The monoisotopic (exact) mass is 443 g/mol. The smallest absolute Gasteiger partial charge is 0.270 e. The van der Waals surface area contributed by atoms with Crippen LogP contribution >= 0.6 is 0 Å². The molecule has 4 aromatic carbocycles. The van der Waals surface area contributed by atoms with Crippen molar-refractivity contribution in [2.75, 3.05) is 0 Å². The molecule has 34 heavy (non-hydrogen) atoms. The van der Waals surface area contributed by atoms with E-state index >= 15 is 0 Å². The number of imidazole rings is 1. The Kier molecular flexibility index (Phi) is 4.45. The van der Waals surface area contributed by atoms with E-state index in [0.29, 0.717) is 16.7 Å². The molecule has 0 saturated heterocycles. The van der Waals surface area contributed by atoms with E-state index in [-0.39, 0.29) is 11.5 Å². The summed E-state index contributed by atoms with van der Waals surface area (Å²) < 4.78 is 0. The Morgan fingerprint density at radius 3 is 1.97 bits per heavy atom. The summed E-state index contributed by atoms with van der Waals surface area (Å²) in [5, 5.41) is 11.2. The average molecular weight is 443 g/mol. The van der Waals surface area contributed by atoms with Gasteiger partial charge in [0.2, 0.25) is 0 Å². The van der Waals surface area contributed by atoms with Crippen LogP contribution in [0.5, 0.6) is 0 Å². The minimum Gasteiger partial charge on any atom is -0.337 e. The fourth-order valence-electron chi connectivity index (χ4n) is 4.46. The Morgan fingerprint density at radius 2 is 1.29 bits per heavy atom. The number of aromatic nitrogens is 2. The second kappa shape index (κ2) is 7.64. The van der Waals surface area contributed by atoms with Gasteiger partial charge in [0, 0.05) is 39.9 Å². The molecule has 6 heteroatoms. The number of ketones is 1. The number of carbonyl (C=O) groups is 1. The zero-order valence-electron chi connectivity index (χ0n) is 17.9. The first-order valence-corrected chi connectivity index (χ1v) is 10.8. The first kappa shape index (κ1) is 19.8. The van der Waals surface area contributed by atoms with Crippen LogP contribution in [0.15, 0.2) is 97.1 Å². The van der Waals surface area contributed by atoms with Gasteiger partial charge in [-0.15, -0.1) is 0 Å². The first-order chi connectivity index (χ1) is 16.6. The van der Waals surface area contributed by atoms with Crippen molar-refractivity contribution < 1.29 is 9.72 Å². The molecule has 162 valence electrons. The van der Waals surface area contributed by atoms with E-state index in [9.17, 15) is 14.9 Å². The van der Waals surface area contributed by atoms with Crippen molar-refractivity contribution in [1.29, 1.82) is 0 Å². The van der Waals surface area contributed by atoms with Gasteiger partial charge >= 0.3 is 0 Å². The Hall–Kier alpha value is -4.84. The Balaban J connectivity index is 1.50. The molecular formula is C28H17N3O3. The highest BCUT2D eigenvalue weighted by atomic mass is 16.6. The summed E-state index contributed by atoms with van der Waals surface area (Å²) in [6.07, 6.45) is 0. The normalized spacial score (nSPS) is 11.8. The lowest BCUT2D eigenvalue weighted by atomic mass is 9.99. The van der Waals surface area contributed by atoms with E-state index in [1.807, 2.05) is 78.9 Å². The summed E-state index contributed by atoms with van der Waals surface area (Å²) in [5.74, 6) is 0.524. The lowest BCUT2D eigenvalue weighted by Gasteiger charge is -2.06. The molecule has 0 bridgehead atoms. The molecule has 0 aliphatic heterocycles. The zero-order chi connectivity index (χ0) is 23.2. The highest BCUT2D eigenvalue weighted by molar-refractivity contribution is 6.22. The van der Waals surface area contributed by atoms with Gasteiger partial charge in [-0.2, -0.15) is 0 Å². The molecule has 0 saturated carbocycles. The van der Waals surface area contributed by atoms with E-state index in [1.54, 1.807) is 6.07 Å². The first-order valence-electron chi connectivity index (χ1n) is 10.8. The number of non-ortho nitro benzene ring substituents is 1. The number of hydrogen-bond acceptors (Lipinski definition) is 4. The number of rotatable bonds is 4. The Labute approximate surface area is 194 Å². The number of carbonyl (C=O) groups excluding carboxylic acids is 1. The van der Waals surface area contributed by atoms with Gasteiger partial charge < -0.3 is 4.98 Å². The molecule has 0 spiro atoms. The number of fused-ring (bicyclic) bond motifs is 3. The largest absolute Gasteiger partial charge is 0.337 e. The van der Waals surface area contributed by atoms with Crippen molar-refractivity contribution in [2.45, 2.75) is 0 Å². The standard InChI is InChI=1S/C28H17N3O3/c32-27-23-15-19(11-13-21(23)22-14-12-20(31(33)34)16-24(22)27)26-25(17-7-3-1-4-8-17)29-28(30-26)18-9-5-2-6-10-18/h1-16H,(H,29,30). The summed E-state index contributed by atoms with van der Waals surface area (Å²) in [7, 11) is 0. The predicted molar refractivity (Wildman–Crippen MR) is 130 cm³/mol. The molecule has 0 fully saturated rings. The SMILES string of the molecule is O=C1c2cc(-c3nc(-c4ccccc4)[nH]c3-c3ccccc3)ccc2-c2ccc([N+](=O)[O-])cc21. The molecule has 0 amide bonds. The zero-order valence-corrected chi connectivity index (χ0v) is 17.9. The van der Waals surface area contributed by atoms with Gasteiger partial charge in [0.1, 0.15) is 5.82 Å². The molecule has 1 aliphatic carbocycles. The maximum atomic E-state index is 13.2. The number of aromatic amines is 1. The average Bonchev–Trinajstić information content (AvgIpc) is 3.45. The third kappa shape index (κ3) is 3.12. The van der Waals surface area contributed by atoms with Gasteiger partial charge in [-0.3, -0.25) is 14.9 Å². The molecule has 6 nitrogen and oxygen atoms in total. The van der Waals surface area contributed by atoms with Crippen LogP contribution in [0.25, 0.3) is 45.0 Å². The lowest BCUT2D eigenvalue weighted by Crippen LogP contribution is -1.97. The van der Waals surface area contributed by atoms with E-state index in [4.69, 9.17) is 4.98 Å². The summed E-state index contributed by atoms with van der Waals surface area (Å²) in [6.45, 7) is 0. The van der Waals surface area contributed by atoms with E-state index < -0.39 is 4.92 Å². The summed E-state index contributed by atoms with van der Waals surface area (Å²) in [6, 6.07) is 29.9. The number of nitro groups is 1. The van der Waals surface area contributed by atoms with Crippen molar-refractivity contribution in [2.24, 2.45) is 0 Å². The van der Waals surface area contributed by atoms with Crippen molar-refractivity contribution >= 4 is 11.5 Å². The molecule has 0 unspecified atom stereocenters. The predicted octanol–water partition coefficient (Wildman–Crippen LogP) is 6.53. The van der Waals surface area contributed by atoms with Crippen LogP contribution in [0.3, 0.4) is 0 Å². The second-order valence-corrected chi connectivity index (χ2v) is 8.12. The van der Waals surface area contributed by atoms with Gasteiger partial charge in [0.25, 0.3) is 5.69 Å². The maximum Gasteiger partial charge on any atom is 0.270 e. The molecule has 1 heterocycles. The lowest BCUT2D eigenvalue weighted by molar-refractivity contribution is -0.384. The molecule has 1 N–H and O–H groups in total. The van der Waals surface area contributed by atoms with Crippen molar-refractivity contribution in [3.8, 4) is 45.0 Å². The topological polar surface area (TPSA) is 88.9 Å². The molecule has 0 atom stereocenters. The Morgan fingerprint density at radius 1 is 0.676 bits per heavy atom. The molecular weight excluding hydrogens is 426 g/mol. The molecule has 5 aromatic rings. The number of benzene rings is 4. The summed E-state index contributed by atoms with van der Waals surface area (Å²) in [4.78, 5) is 32.3. The van der Waals surface area contributed by atoms with E-state index in [1.165, 1.54) is 12.1 Å². The summed E-state index contributed by atoms with van der Waals surface area (Å²) >= 11 is 0. The maximum absolute atomic E-state index is 13.2. The molecule has 1 aromatic heterocycles. The van der Waals surface area contributed by atoms with Crippen molar-refractivity contribution in [3.05, 3.63) is 118 Å². The number of H-pyrrole nitrogens is 1. The van der Waals surface area contributed by atoms with Crippen LogP contribution in [-0.2, 0) is 0 Å². The van der Waals surface area contributed by atoms with Crippen LogP contribution in [0.2, 0.25) is 0 Å². The van der Waals surface area contributed by atoms with Crippen molar-refractivity contribution in [1.82, 2.24) is 9.97 Å². The van der Waals surface area contributed by atoms with Crippen LogP contribution in [0.1, 0.15) is 15.9 Å². The van der Waals surface area contributed by atoms with Crippen molar-refractivity contribution in [3.63, 3.8) is 0 Å². The van der Waals surface area contributed by atoms with Crippen LogP contribution in [0.4, 0.5) is 5.69 Å². The molecule has 1 aliphatic rings. The number of nitrogens with zero attached hydrogens (tertiary/aromatic N) is 2. The second-order valence-electron chi connectivity index (χ2n) is 8.12. The van der Waals surface area contributed by atoms with Crippen LogP contribution in [0, 0.1) is 10.1 Å². The highest BCUT2D eigenvalue weighted by Crippen LogP contribution is 2.41. The minimum atomic E-state index is -0.483. The fraction of sp³-hybridized carbons (Fsp3) is 0. The van der Waals surface area contributed by atoms with Gasteiger partial charge in [0.15, 0.2) is 5.78 Å². The third-order valence-corrected chi connectivity index (χ3v) is 6.10. The summed E-state index contributed by atoms with van der Waals surface area (Å²) in [5.41, 5.74) is 6.62. The fourth-order valence-corrected chi connectivity index (χ4v) is 4.46. The third-order valence-electron chi connectivity index (χ3n) is 6.10. The molecule has 0 radical (unpaired) electrons. The minimum absolute atomic E-state index is 0.0914. The van der Waals surface area contributed by atoms with Crippen LogP contribution < -0.4 is 0 Å². The molecule has 6 rings (SSSR count). The van der Waals surface area contributed by atoms with Gasteiger partial charge in [-0.05, 0) is 23.3 Å². The number of hydrogen-bond donors (Lipinski definition) is 1. The number of nitro benzene ring substituents is 1. The quantitative estimate of drug-likeness (QED) is 0.248. The Bertz CT molecular complexity index is 1590. The van der Waals surface area contributed by atoms with E-state index in [2.05, 4.69) is 4.98 Å². The number of nitrogens with one attached hydrogen (secondary N) is 1.